The van der Waals surface area contributed by atoms with Crippen molar-refractivity contribution in [3.63, 3.8) is 0 Å². The van der Waals surface area contributed by atoms with E-state index in [-0.39, 0.29) is 11.6 Å². The summed E-state index contributed by atoms with van der Waals surface area (Å²) < 4.78 is 28.3. The Morgan fingerprint density at radius 2 is 2.22 bits per heavy atom. The predicted octanol–water partition coefficient (Wildman–Crippen LogP) is -0.126. The van der Waals surface area contributed by atoms with Gasteiger partial charge in [0.2, 0.25) is 0 Å². The second kappa shape index (κ2) is 5.45. The number of hydrogen-bond donors (Lipinski definition) is 1. The zero-order valence-electron chi connectivity index (χ0n) is 11.3. The Labute approximate surface area is 110 Å². The standard InChI is InChI=1S/C12H24N2O3S/c1-12(2)10-14(6-7-17-12)5-4-13-11-3-8-18(15,16)9-11/h11,13H,3-10H2,1-2H3. The normalized spacial score (nSPS) is 31.6. The highest BCUT2D eigenvalue weighted by Crippen LogP contribution is 2.16. The van der Waals surface area contributed by atoms with Crippen LogP contribution in [0.2, 0.25) is 0 Å². The van der Waals surface area contributed by atoms with Crippen LogP contribution in [0.4, 0.5) is 0 Å². The molecule has 5 nitrogen and oxygen atoms in total. The minimum Gasteiger partial charge on any atom is -0.373 e. The SMILES string of the molecule is CC1(C)CN(CCNC2CCS(=O)(=O)C2)CCO1. The molecule has 0 aromatic heterocycles. The molecule has 106 valence electrons. The Hall–Kier alpha value is -0.170. The van der Waals surface area contributed by atoms with Crippen LogP contribution in [0.1, 0.15) is 20.3 Å². The molecule has 0 saturated carbocycles. The Morgan fingerprint density at radius 1 is 1.44 bits per heavy atom. The van der Waals surface area contributed by atoms with Crippen LogP contribution in [-0.4, -0.2) is 69.3 Å². The average Bonchev–Trinajstić information content (AvgIpc) is 2.57. The molecule has 6 heteroatoms. The lowest BCUT2D eigenvalue weighted by Gasteiger charge is -2.38. The Balaban J connectivity index is 1.67. The van der Waals surface area contributed by atoms with Crippen molar-refractivity contribution in [3.8, 4) is 0 Å². The Kier molecular flexibility index (Phi) is 4.31. The van der Waals surface area contributed by atoms with Crippen molar-refractivity contribution in [1.29, 1.82) is 0 Å². The van der Waals surface area contributed by atoms with E-state index in [1.807, 2.05) is 0 Å². The van der Waals surface area contributed by atoms with Gasteiger partial charge in [0.15, 0.2) is 9.84 Å². The number of ether oxygens (including phenoxy) is 1. The number of nitrogens with one attached hydrogen (secondary N) is 1. The second-order valence-corrected chi connectivity index (χ2v) is 8.17. The number of hydrogen-bond acceptors (Lipinski definition) is 5. The molecule has 2 aliphatic rings. The van der Waals surface area contributed by atoms with Gasteiger partial charge in [0, 0.05) is 32.2 Å². The third-order valence-electron chi connectivity index (χ3n) is 3.60. The summed E-state index contributed by atoms with van der Waals surface area (Å²) in [6, 6.07) is 0.157. The van der Waals surface area contributed by atoms with Crippen LogP contribution >= 0.6 is 0 Å². The molecule has 2 fully saturated rings. The molecular formula is C12H24N2O3S. The summed E-state index contributed by atoms with van der Waals surface area (Å²) >= 11 is 0. The zero-order valence-corrected chi connectivity index (χ0v) is 12.1. The van der Waals surface area contributed by atoms with Crippen LogP contribution in [0, 0.1) is 0 Å². The minimum atomic E-state index is -2.77. The molecule has 2 heterocycles. The monoisotopic (exact) mass is 276 g/mol. The molecule has 0 amide bonds. The summed E-state index contributed by atoms with van der Waals surface area (Å²) in [5.41, 5.74) is -0.0606. The molecule has 0 aromatic carbocycles. The highest BCUT2D eigenvalue weighted by molar-refractivity contribution is 7.91. The van der Waals surface area contributed by atoms with Crippen LogP contribution in [0.15, 0.2) is 0 Å². The topological polar surface area (TPSA) is 58.6 Å². The number of morpholine rings is 1. The fourth-order valence-electron chi connectivity index (χ4n) is 2.69. The first-order valence-electron chi connectivity index (χ1n) is 6.66. The van der Waals surface area contributed by atoms with E-state index in [2.05, 4.69) is 24.1 Å². The molecule has 2 saturated heterocycles. The molecule has 1 atom stereocenters. The van der Waals surface area contributed by atoms with E-state index in [1.165, 1.54) is 0 Å². The lowest BCUT2D eigenvalue weighted by Crippen LogP contribution is -2.50. The van der Waals surface area contributed by atoms with Gasteiger partial charge in [-0.15, -0.1) is 0 Å². The average molecular weight is 276 g/mol. The fourth-order valence-corrected chi connectivity index (χ4v) is 4.40. The van der Waals surface area contributed by atoms with Gasteiger partial charge in [0.25, 0.3) is 0 Å². The summed E-state index contributed by atoms with van der Waals surface area (Å²) in [5, 5.41) is 3.35. The maximum absolute atomic E-state index is 11.3. The molecule has 1 N–H and O–H groups in total. The maximum Gasteiger partial charge on any atom is 0.151 e. The third-order valence-corrected chi connectivity index (χ3v) is 5.37. The Morgan fingerprint density at radius 3 is 2.83 bits per heavy atom. The maximum atomic E-state index is 11.3. The van der Waals surface area contributed by atoms with Gasteiger partial charge >= 0.3 is 0 Å². The van der Waals surface area contributed by atoms with E-state index in [1.54, 1.807) is 0 Å². The van der Waals surface area contributed by atoms with Crippen molar-refractivity contribution < 1.29 is 13.2 Å². The third kappa shape index (κ3) is 4.19. The lowest BCUT2D eigenvalue weighted by molar-refractivity contribution is -0.0855. The highest BCUT2D eigenvalue weighted by Gasteiger charge is 2.29. The van der Waals surface area contributed by atoms with Crippen molar-refractivity contribution in [2.24, 2.45) is 0 Å². The van der Waals surface area contributed by atoms with Gasteiger partial charge in [-0.1, -0.05) is 0 Å². The van der Waals surface area contributed by atoms with Gasteiger partial charge in [0.05, 0.1) is 23.7 Å². The van der Waals surface area contributed by atoms with Gasteiger partial charge in [-0.25, -0.2) is 8.42 Å². The molecule has 18 heavy (non-hydrogen) atoms. The van der Waals surface area contributed by atoms with Crippen LogP contribution in [-0.2, 0) is 14.6 Å². The van der Waals surface area contributed by atoms with Crippen molar-refractivity contribution in [3.05, 3.63) is 0 Å². The number of nitrogens with zero attached hydrogens (tertiary/aromatic N) is 1. The van der Waals surface area contributed by atoms with E-state index in [0.29, 0.717) is 11.5 Å². The van der Waals surface area contributed by atoms with E-state index >= 15 is 0 Å². The smallest absolute Gasteiger partial charge is 0.151 e. The second-order valence-electron chi connectivity index (χ2n) is 5.94. The molecule has 0 aromatic rings. The fraction of sp³-hybridized carbons (Fsp3) is 1.00. The Bertz CT molecular complexity index is 381. The van der Waals surface area contributed by atoms with Crippen LogP contribution in [0.5, 0.6) is 0 Å². The van der Waals surface area contributed by atoms with Crippen molar-refractivity contribution in [2.45, 2.75) is 31.9 Å². The molecule has 0 bridgehead atoms. The quantitative estimate of drug-likeness (QED) is 0.775. The first-order chi connectivity index (χ1) is 8.36. The van der Waals surface area contributed by atoms with Gasteiger partial charge in [-0.2, -0.15) is 0 Å². The predicted molar refractivity (Wildman–Crippen MR) is 71.5 cm³/mol. The number of rotatable bonds is 4. The minimum absolute atomic E-state index is 0.0606. The van der Waals surface area contributed by atoms with Gasteiger partial charge < -0.3 is 10.1 Å². The molecule has 2 rings (SSSR count). The van der Waals surface area contributed by atoms with Gasteiger partial charge in [0.1, 0.15) is 0 Å². The number of sulfone groups is 1. The largest absolute Gasteiger partial charge is 0.373 e. The molecule has 0 radical (unpaired) electrons. The summed E-state index contributed by atoms with van der Waals surface area (Å²) in [6.45, 7) is 8.72. The van der Waals surface area contributed by atoms with Crippen molar-refractivity contribution >= 4 is 9.84 Å². The van der Waals surface area contributed by atoms with E-state index in [9.17, 15) is 8.42 Å². The van der Waals surface area contributed by atoms with E-state index in [0.717, 1.165) is 39.2 Å². The van der Waals surface area contributed by atoms with Crippen LogP contribution in [0.25, 0.3) is 0 Å². The summed E-state index contributed by atoms with van der Waals surface area (Å²) in [5.74, 6) is 0.650. The van der Waals surface area contributed by atoms with E-state index < -0.39 is 9.84 Å². The van der Waals surface area contributed by atoms with Crippen LogP contribution < -0.4 is 5.32 Å². The van der Waals surface area contributed by atoms with Crippen molar-refractivity contribution in [1.82, 2.24) is 10.2 Å². The molecule has 1 unspecified atom stereocenters. The zero-order chi connectivity index (χ0) is 13.2. The lowest BCUT2D eigenvalue weighted by atomic mass is 10.1. The molecule has 2 aliphatic heterocycles. The van der Waals surface area contributed by atoms with Gasteiger partial charge in [-0.05, 0) is 20.3 Å². The van der Waals surface area contributed by atoms with Crippen molar-refractivity contribution in [2.75, 3.05) is 44.3 Å². The summed E-state index contributed by atoms with van der Waals surface area (Å²) in [4.78, 5) is 2.37. The summed E-state index contributed by atoms with van der Waals surface area (Å²) in [6.07, 6.45) is 0.761. The molecular weight excluding hydrogens is 252 g/mol. The highest BCUT2D eigenvalue weighted by atomic mass is 32.2. The molecule has 0 aliphatic carbocycles. The summed E-state index contributed by atoms with van der Waals surface area (Å²) in [7, 11) is -2.77. The first kappa shape index (κ1) is 14.2. The van der Waals surface area contributed by atoms with Crippen LogP contribution in [0.3, 0.4) is 0 Å². The van der Waals surface area contributed by atoms with E-state index in [4.69, 9.17) is 4.74 Å². The van der Waals surface area contributed by atoms with Gasteiger partial charge in [-0.3, -0.25) is 4.90 Å². The molecule has 0 spiro atoms. The first-order valence-corrected chi connectivity index (χ1v) is 8.49.